The Morgan fingerprint density at radius 1 is 0.839 bits per heavy atom. The summed E-state index contributed by atoms with van der Waals surface area (Å²) in [5.74, 6) is 0.633. The van der Waals surface area contributed by atoms with Crippen molar-refractivity contribution in [1.82, 2.24) is 4.90 Å². The lowest BCUT2D eigenvalue weighted by Gasteiger charge is -2.27. The predicted octanol–water partition coefficient (Wildman–Crippen LogP) is 4.04. The Bertz CT molecular complexity index is 898. The fraction of sp³-hybridized carbons (Fsp3) is 0.269. The first kappa shape index (κ1) is 22.7. The highest BCUT2D eigenvalue weighted by Crippen LogP contribution is 2.19. The normalized spacial score (nSPS) is 13.0. The van der Waals surface area contributed by atoms with Crippen molar-refractivity contribution >= 4 is 5.78 Å². The number of ketones is 1. The highest BCUT2D eigenvalue weighted by molar-refractivity contribution is 5.96. The van der Waals surface area contributed by atoms with Gasteiger partial charge in [0.25, 0.3) is 0 Å². The van der Waals surface area contributed by atoms with E-state index in [4.69, 9.17) is 4.74 Å². The molecule has 2 atom stereocenters. The lowest BCUT2D eigenvalue weighted by Crippen LogP contribution is -2.34. The lowest BCUT2D eigenvalue weighted by atomic mass is 10.1. The molecule has 0 fully saturated rings. The molecule has 2 N–H and O–H groups in total. The SMILES string of the molecule is COc1cccc(C(=O)CCN(CC(O)c2ccccc2)CC(O)c2ccccc2)c1. The number of carbonyl (C=O) groups is 1. The topological polar surface area (TPSA) is 70.0 Å². The molecule has 5 heteroatoms. The van der Waals surface area contributed by atoms with E-state index in [0.29, 0.717) is 30.9 Å². The van der Waals surface area contributed by atoms with Crippen LogP contribution in [0.3, 0.4) is 0 Å². The minimum absolute atomic E-state index is 0.00713. The van der Waals surface area contributed by atoms with Crippen LogP contribution < -0.4 is 4.74 Å². The van der Waals surface area contributed by atoms with Crippen LogP contribution in [0.4, 0.5) is 0 Å². The molecule has 0 spiro atoms. The Hall–Kier alpha value is -2.99. The highest BCUT2D eigenvalue weighted by Gasteiger charge is 2.19. The van der Waals surface area contributed by atoms with Crippen LogP contribution in [0, 0.1) is 0 Å². The number of hydrogen-bond donors (Lipinski definition) is 2. The van der Waals surface area contributed by atoms with Crippen LogP contribution in [0.2, 0.25) is 0 Å². The van der Waals surface area contributed by atoms with Gasteiger partial charge in [0.05, 0.1) is 19.3 Å². The summed E-state index contributed by atoms with van der Waals surface area (Å²) in [7, 11) is 1.57. The van der Waals surface area contributed by atoms with E-state index in [0.717, 1.165) is 11.1 Å². The van der Waals surface area contributed by atoms with E-state index in [2.05, 4.69) is 0 Å². The van der Waals surface area contributed by atoms with Crippen LogP contribution in [0.1, 0.15) is 40.1 Å². The lowest BCUT2D eigenvalue weighted by molar-refractivity contribution is 0.0651. The van der Waals surface area contributed by atoms with Crippen molar-refractivity contribution in [3.63, 3.8) is 0 Å². The van der Waals surface area contributed by atoms with Gasteiger partial charge in [-0.15, -0.1) is 0 Å². The average Bonchev–Trinajstić information content (AvgIpc) is 2.83. The third kappa shape index (κ3) is 6.76. The molecule has 0 aliphatic rings. The number of rotatable bonds is 11. The molecule has 0 aliphatic heterocycles. The molecular formula is C26H29NO4. The molecule has 0 amide bonds. The van der Waals surface area contributed by atoms with Crippen LogP contribution in [0.25, 0.3) is 0 Å². The number of aliphatic hydroxyl groups is 2. The fourth-order valence-corrected chi connectivity index (χ4v) is 3.51. The minimum Gasteiger partial charge on any atom is -0.497 e. The van der Waals surface area contributed by atoms with Crippen LogP contribution in [0.15, 0.2) is 84.9 Å². The summed E-state index contributed by atoms with van der Waals surface area (Å²) in [5, 5.41) is 21.4. The van der Waals surface area contributed by atoms with Gasteiger partial charge in [-0.3, -0.25) is 9.69 Å². The number of aliphatic hydroxyl groups excluding tert-OH is 2. The second-order valence-corrected chi connectivity index (χ2v) is 7.52. The Morgan fingerprint density at radius 3 is 1.90 bits per heavy atom. The molecule has 3 rings (SSSR count). The zero-order chi connectivity index (χ0) is 22.1. The van der Waals surface area contributed by atoms with E-state index in [-0.39, 0.29) is 12.2 Å². The molecule has 0 radical (unpaired) electrons. The summed E-state index contributed by atoms with van der Waals surface area (Å²) in [4.78, 5) is 14.7. The van der Waals surface area contributed by atoms with Gasteiger partial charge >= 0.3 is 0 Å². The minimum atomic E-state index is -0.712. The molecule has 5 nitrogen and oxygen atoms in total. The van der Waals surface area contributed by atoms with Gasteiger partial charge in [0.15, 0.2) is 5.78 Å². The maximum absolute atomic E-state index is 12.7. The van der Waals surface area contributed by atoms with Gasteiger partial charge in [-0.05, 0) is 23.3 Å². The van der Waals surface area contributed by atoms with Crippen molar-refractivity contribution in [2.45, 2.75) is 18.6 Å². The summed E-state index contributed by atoms with van der Waals surface area (Å²) in [6.45, 7) is 1.06. The largest absolute Gasteiger partial charge is 0.497 e. The van der Waals surface area contributed by atoms with Gasteiger partial charge in [0.2, 0.25) is 0 Å². The predicted molar refractivity (Wildman–Crippen MR) is 121 cm³/mol. The summed E-state index contributed by atoms with van der Waals surface area (Å²) in [6, 6.07) is 25.9. The fourth-order valence-electron chi connectivity index (χ4n) is 3.51. The molecule has 31 heavy (non-hydrogen) atoms. The van der Waals surface area contributed by atoms with Gasteiger partial charge < -0.3 is 14.9 Å². The van der Waals surface area contributed by atoms with E-state index in [1.54, 1.807) is 31.4 Å². The van der Waals surface area contributed by atoms with Gasteiger partial charge in [-0.1, -0.05) is 72.8 Å². The molecule has 0 aromatic heterocycles. The van der Waals surface area contributed by atoms with Crippen LogP contribution >= 0.6 is 0 Å². The van der Waals surface area contributed by atoms with Crippen molar-refractivity contribution < 1.29 is 19.7 Å². The number of ether oxygens (including phenoxy) is 1. The molecular weight excluding hydrogens is 390 g/mol. The van der Waals surface area contributed by atoms with Gasteiger partial charge in [-0.2, -0.15) is 0 Å². The third-order valence-electron chi connectivity index (χ3n) is 5.28. The number of benzene rings is 3. The molecule has 2 unspecified atom stereocenters. The monoisotopic (exact) mass is 419 g/mol. The van der Waals surface area contributed by atoms with Crippen LogP contribution in [-0.2, 0) is 0 Å². The highest BCUT2D eigenvalue weighted by atomic mass is 16.5. The van der Waals surface area contributed by atoms with E-state index in [1.165, 1.54) is 0 Å². The first-order chi connectivity index (χ1) is 15.1. The van der Waals surface area contributed by atoms with Crippen molar-refractivity contribution in [3.05, 3.63) is 102 Å². The zero-order valence-electron chi connectivity index (χ0n) is 17.7. The van der Waals surface area contributed by atoms with E-state index < -0.39 is 12.2 Å². The van der Waals surface area contributed by atoms with Crippen LogP contribution in [-0.4, -0.2) is 47.6 Å². The van der Waals surface area contributed by atoms with E-state index >= 15 is 0 Å². The molecule has 3 aromatic rings. The number of hydrogen-bond acceptors (Lipinski definition) is 5. The summed E-state index contributed by atoms with van der Waals surface area (Å²) < 4.78 is 5.21. The van der Waals surface area contributed by atoms with E-state index in [1.807, 2.05) is 65.6 Å². The number of nitrogens with zero attached hydrogens (tertiary/aromatic N) is 1. The summed E-state index contributed by atoms with van der Waals surface area (Å²) in [6.07, 6.45) is -1.15. The molecule has 3 aromatic carbocycles. The molecule has 0 heterocycles. The summed E-state index contributed by atoms with van der Waals surface area (Å²) in [5.41, 5.74) is 2.20. The Kier molecular flexibility index (Phi) is 8.35. The molecule has 0 aliphatic carbocycles. The second-order valence-electron chi connectivity index (χ2n) is 7.52. The standard InChI is InChI=1S/C26H29NO4/c1-31-23-14-8-13-22(17-23)24(28)15-16-27(18-25(29)20-9-4-2-5-10-20)19-26(30)21-11-6-3-7-12-21/h2-14,17,25-26,29-30H,15-16,18-19H2,1H3. The number of carbonyl (C=O) groups excluding carboxylic acids is 1. The summed E-state index contributed by atoms with van der Waals surface area (Å²) >= 11 is 0. The van der Waals surface area contributed by atoms with Gasteiger partial charge in [0.1, 0.15) is 5.75 Å². The molecule has 0 saturated heterocycles. The Balaban J connectivity index is 1.69. The Morgan fingerprint density at radius 2 is 1.39 bits per heavy atom. The smallest absolute Gasteiger partial charge is 0.164 e. The van der Waals surface area contributed by atoms with Crippen molar-refractivity contribution in [3.8, 4) is 5.75 Å². The number of methoxy groups -OCH3 is 1. The molecule has 0 saturated carbocycles. The van der Waals surface area contributed by atoms with E-state index in [9.17, 15) is 15.0 Å². The third-order valence-corrected chi connectivity index (χ3v) is 5.28. The maximum atomic E-state index is 12.7. The Labute approximate surface area is 183 Å². The van der Waals surface area contributed by atoms with Crippen molar-refractivity contribution in [1.29, 1.82) is 0 Å². The second kappa shape index (κ2) is 11.4. The zero-order valence-corrected chi connectivity index (χ0v) is 17.7. The maximum Gasteiger partial charge on any atom is 0.164 e. The average molecular weight is 420 g/mol. The van der Waals surface area contributed by atoms with Gasteiger partial charge in [0, 0.05) is 31.6 Å². The van der Waals surface area contributed by atoms with Gasteiger partial charge in [-0.25, -0.2) is 0 Å². The molecule has 162 valence electrons. The van der Waals surface area contributed by atoms with Crippen molar-refractivity contribution in [2.24, 2.45) is 0 Å². The first-order valence-corrected chi connectivity index (χ1v) is 10.4. The first-order valence-electron chi connectivity index (χ1n) is 10.4. The van der Waals surface area contributed by atoms with Crippen LogP contribution in [0.5, 0.6) is 5.75 Å². The number of Topliss-reactive ketones (excluding diaryl/α,β-unsaturated/α-hetero) is 1. The van der Waals surface area contributed by atoms with Crippen molar-refractivity contribution in [2.75, 3.05) is 26.7 Å². The molecule has 0 bridgehead atoms. The quantitative estimate of drug-likeness (QED) is 0.459.